The van der Waals surface area contributed by atoms with Crippen LogP contribution in [0.2, 0.25) is 0 Å². The maximum atomic E-state index is 13.0. The Morgan fingerprint density at radius 2 is 2.04 bits per heavy atom. The highest BCUT2D eigenvalue weighted by atomic mass is 19.4. The van der Waals surface area contributed by atoms with Crippen molar-refractivity contribution < 1.29 is 26.9 Å². The van der Waals surface area contributed by atoms with E-state index in [1.54, 1.807) is 0 Å². The van der Waals surface area contributed by atoms with E-state index in [9.17, 15) is 27.2 Å². The van der Waals surface area contributed by atoms with E-state index in [1.165, 1.54) is 9.47 Å². The van der Waals surface area contributed by atoms with Gasteiger partial charge >= 0.3 is 11.9 Å². The van der Waals surface area contributed by atoms with E-state index in [0.717, 1.165) is 4.68 Å². The number of hydrogen-bond acceptors (Lipinski definition) is 6. The predicted molar refractivity (Wildman–Crippen MR) is 78.3 cm³/mol. The first-order valence-electron chi connectivity index (χ1n) is 8.25. The van der Waals surface area contributed by atoms with Gasteiger partial charge in [0.05, 0.1) is 13.1 Å². The van der Waals surface area contributed by atoms with Crippen LogP contribution in [-0.2, 0) is 23.9 Å². The molecule has 4 rings (SSSR count). The number of amides is 1. The Bertz CT molecular complexity index is 926. The highest BCUT2D eigenvalue weighted by Gasteiger charge is 2.39. The van der Waals surface area contributed by atoms with Crippen LogP contribution in [-0.4, -0.2) is 54.6 Å². The summed E-state index contributed by atoms with van der Waals surface area (Å²) >= 11 is 0. The second-order valence-electron chi connectivity index (χ2n) is 6.48. The van der Waals surface area contributed by atoms with Crippen LogP contribution < -0.4 is 5.69 Å². The molecule has 27 heavy (non-hydrogen) atoms. The second kappa shape index (κ2) is 6.16. The van der Waals surface area contributed by atoms with Gasteiger partial charge in [0.2, 0.25) is 11.8 Å². The summed E-state index contributed by atoms with van der Waals surface area (Å²) in [5.41, 5.74) is -0.660. The number of alkyl halides is 4. The first kappa shape index (κ1) is 17.7. The molecule has 0 aromatic carbocycles. The Kier molecular flexibility index (Phi) is 4.03. The van der Waals surface area contributed by atoms with Gasteiger partial charge in [-0.3, -0.25) is 9.36 Å². The summed E-state index contributed by atoms with van der Waals surface area (Å²) in [6.45, 7) is -0.454. The van der Waals surface area contributed by atoms with Crippen molar-refractivity contribution in [2.45, 2.75) is 44.2 Å². The largest absolute Gasteiger partial charge is 0.455 e. The van der Waals surface area contributed by atoms with Gasteiger partial charge in [0, 0.05) is 6.42 Å². The van der Waals surface area contributed by atoms with E-state index in [0.29, 0.717) is 25.1 Å². The molecule has 2 aromatic heterocycles. The number of aromatic nitrogens is 5. The number of rotatable bonds is 3. The van der Waals surface area contributed by atoms with Gasteiger partial charge < -0.3 is 9.42 Å². The molecule has 1 saturated heterocycles. The van der Waals surface area contributed by atoms with Gasteiger partial charge in [0.1, 0.15) is 24.6 Å². The second-order valence-corrected chi connectivity index (χ2v) is 6.48. The Labute approximate surface area is 148 Å². The first-order valence-corrected chi connectivity index (χ1v) is 8.25. The summed E-state index contributed by atoms with van der Waals surface area (Å²) in [4.78, 5) is 29.7. The zero-order chi connectivity index (χ0) is 19.3. The lowest BCUT2D eigenvalue weighted by Gasteiger charge is -2.37. The lowest BCUT2D eigenvalue weighted by molar-refractivity contribution is -0.146. The number of halogens is 4. The lowest BCUT2D eigenvalue weighted by atomic mass is 10.0. The molecule has 0 spiro atoms. The minimum absolute atomic E-state index is 0.00421. The molecule has 0 aliphatic carbocycles. The van der Waals surface area contributed by atoms with Gasteiger partial charge in [0.25, 0.3) is 5.82 Å². The number of likely N-dealkylation sites (tertiary alicyclic amines) is 1. The van der Waals surface area contributed by atoms with Crippen LogP contribution in [0.5, 0.6) is 0 Å². The van der Waals surface area contributed by atoms with Gasteiger partial charge in [-0.25, -0.2) is 13.9 Å². The molecule has 0 N–H and O–H groups in total. The van der Waals surface area contributed by atoms with Crippen molar-refractivity contribution in [1.29, 1.82) is 0 Å². The zero-order valence-electron chi connectivity index (χ0n) is 13.8. The molecule has 0 radical (unpaired) electrons. The first-order chi connectivity index (χ1) is 12.7. The van der Waals surface area contributed by atoms with Crippen molar-refractivity contribution in [3.05, 3.63) is 28.0 Å². The van der Waals surface area contributed by atoms with E-state index < -0.39 is 42.3 Å². The Balaban J connectivity index is 1.59. The van der Waals surface area contributed by atoms with Crippen molar-refractivity contribution in [2.24, 2.45) is 0 Å². The summed E-state index contributed by atoms with van der Waals surface area (Å²) in [6, 6.07) is -0.795. The van der Waals surface area contributed by atoms with E-state index >= 15 is 0 Å². The molecule has 2 aromatic rings. The van der Waals surface area contributed by atoms with Crippen LogP contribution in [0.4, 0.5) is 17.6 Å². The SMILES string of the molecule is O=C([C@@H]1CCCc2nn(Cc3nc(C(F)(F)F)no3)c(=O)n21)N1CC(F)C1. The highest BCUT2D eigenvalue weighted by molar-refractivity contribution is 5.81. The molecule has 146 valence electrons. The number of nitrogens with zero attached hydrogens (tertiary/aromatic N) is 6. The van der Waals surface area contributed by atoms with Crippen LogP contribution >= 0.6 is 0 Å². The number of carbonyl (C=O) groups excluding carboxylic acids is 1. The van der Waals surface area contributed by atoms with Crippen LogP contribution in [0.25, 0.3) is 0 Å². The normalized spacial score (nSPS) is 20.4. The third-order valence-electron chi connectivity index (χ3n) is 4.57. The molecule has 0 saturated carbocycles. The number of hydrogen-bond donors (Lipinski definition) is 0. The van der Waals surface area contributed by atoms with Gasteiger partial charge in [0.15, 0.2) is 0 Å². The molecule has 1 amide bonds. The molecule has 0 bridgehead atoms. The molecule has 1 fully saturated rings. The van der Waals surface area contributed by atoms with Gasteiger partial charge in [-0.15, -0.1) is 0 Å². The van der Waals surface area contributed by atoms with Crippen LogP contribution in [0.3, 0.4) is 0 Å². The van der Waals surface area contributed by atoms with Crippen molar-refractivity contribution in [1.82, 2.24) is 29.4 Å². The van der Waals surface area contributed by atoms with E-state index in [2.05, 4.69) is 19.8 Å². The minimum atomic E-state index is -4.76. The maximum Gasteiger partial charge on any atom is 0.455 e. The standard InChI is InChI=1S/C14H14F4N6O3/c15-7-4-22(5-7)11(25)8-2-1-3-9-20-23(13(26)24(8)9)6-10-19-12(21-27-10)14(16,17)18/h7-8H,1-6H2/t8-/m0/s1. The van der Waals surface area contributed by atoms with Crippen molar-refractivity contribution >= 4 is 5.91 Å². The highest BCUT2D eigenvalue weighted by Crippen LogP contribution is 2.27. The maximum absolute atomic E-state index is 13.0. The summed E-state index contributed by atoms with van der Waals surface area (Å²) < 4.78 is 57.3. The van der Waals surface area contributed by atoms with E-state index in [4.69, 9.17) is 0 Å². The molecule has 9 nitrogen and oxygen atoms in total. The van der Waals surface area contributed by atoms with Crippen molar-refractivity contribution in [3.63, 3.8) is 0 Å². The number of fused-ring (bicyclic) bond motifs is 1. The molecule has 4 heterocycles. The fraction of sp³-hybridized carbons (Fsp3) is 0.643. The van der Waals surface area contributed by atoms with Crippen LogP contribution in [0, 0.1) is 0 Å². The van der Waals surface area contributed by atoms with E-state index in [1.807, 2.05) is 0 Å². The molecule has 13 heteroatoms. The smallest absolute Gasteiger partial charge is 0.337 e. The molecule has 2 aliphatic heterocycles. The fourth-order valence-corrected chi connectivity index (χ4v) is 3.25. The quantitative estimate of drug-likeness (QED) is 0.710. The molecule has 1 atom stereocenters. The van der Waals surface area contributed by atoms with Crippen LogP contribution in [0.1, 0.15) is 36.4 Å². The average Bonchev–Trinajstić information content (AvgIpc) is 3.17. The summed E-state index contributed by atoms with van der Waals surface area (Å²) in [6.07, 6.45) is -4.36. The summed E-state index contributed by atoms with van der Waals surface area (Å²) in [5.74, 6) is -1.88. The number of carbonyl (C=O) groups is 1. The summed E-state index contributed by atoms with van der Waals surface area (Å²) in [5, 5.41) is 6.91. The monoisotopic (exact) mass is 390 g/mol. The molecular weight excluding hydrogens is 376 g/mol. The average molecular weight is 390 g/mol. The Hall–Kier alpha value is -2.73. The molecule has 2 aliphatic rings. The molecular formula is C14H14F4N6O3. The lowest BCUT2D eigenvalue weighted by Crippen LogP contribution is -2.54. The molecule has 0 unspecified atom stereocenters. The number of aryl methyl sites for hydroxylation is 1. The van der Waals surface area contributed by atoms with Crippen molar-refractivity contribution in [2.75, 3.05) is 13.1 Å². The van der Waals surface area contributed by atoms with Gasteiger partial charge in [-0.05, 0) is 12.8 Å². The Morgan fingerprint density at radius 1 is 1.30 bits per heavy atom. The fourth-order valence-electron chi connectivity index (χ4n) is 3.25. The zero-order valence-corrected chi connectivity index (χ0v) is 13.8. The van der Waals surface area contributed by atoms with Gasteiger partial charge in [-0.2, -0.15) is 23.3 Å². The third-order valence-corrected chi connectivity index (χ3v) is 4.57. The third kappa shape index (κ3) is 3.10. The Morgan fingerprint density at radius 3 is 2.67 bits per heavy atom. The van der Waals surface area contributed by atoms with Gasteiger partial charge in [-0.1, -0.05) is 5.16 Å². The van der Waals surface area contributed by atoms with E-state index in [-0.39, 0.29) is 19.0 Å². The topological polar surface area (TPSA) is 99.0 Å². The van der Waals surface area contributed by atoms with Crippen LogP contribution in [0.15, 0.2) is 9.32 Å². The summed E-state index contributed by atoms with van der Waals surface area (Å²) in [7, 11) is 0. The van der Waals surface area contributed by atoms with Crippen molar-refractivity contribution in [3.8, 4) is 0 Å². The predicted octanol–water partition coefficient (Wildman–Crippen LogP) is 0.553. The minimum Gasteiger partial charge on any atom is -0.337 e.